The van der Waals surface area contributed by atoms with Gasteiger partial charge in [0, 0.05) is 24.5 Å². The summed E-state index contributed by atoms with van der Waals surface area (Å²) in [4.78, 5) is 11.9. The van der Waals surface area contributed by atoms with Crippen LogP contribution in [-0.2, 0) is 23.4 Å². The lowest BCUT2D eigenvalue weighted by Gasteiger charge is -2.07. The fourth-order valence-corrected chi connectivity index (χ4v) is 3.44. The van der Waals surface area contributed by atoms with E-state index in [1.807, 2.05) is 11.8 Å². The zero-order valence-corrected chi connectivity index (χ0v) is 15.5. The third-order valence-electron chi connectivity index (χ3n) is 4.16. The standard InChI is InChI=1S/C21H27NOS/c1-3-18-8-10-19(11-9-18)12-13-21(23)22-14-15-24-16-20-7-5-4-6-17(20)2/h4-11H,3,12-16H2,1-2H3,(H,22,23). The maximum atomic E-state index is 11.9. The molecular formula is C21H27NOS. The molecule has 0 unspecified atom stereocenters. The fraction of sp³-hybridized carbons (Fsp3) is 0.381. The summed E-state index contributed by atoms with van der Waals surface area (Å²) < 4.78 is 0. The van der Waals surface area contributed by atoms with Gasteiger partial charge in [-0.1, -0.05) is 55.5 Å². The minimum atomic E-state index is 0.144. The summed E-state index contributed by atoms with van der Waals surface area (Å²) >= 11 is 1.87. The molecule has 0 spiro atoms. The number of carbonyl (C=O) groups excluding carboxylic acids is 1. The summed E-state index contributed by atoms with van der Waals surface area (Å²) in [5.41, 5.74) is 5.29. The summed E-state index contributed by atoms with van der Waals surface area (Å²) in [6.45, 7) is 5.04. The van der Waals surface area contributed by atoms with Crippen molar-refractivity contribution in [1.29, 1.82) is 0 Å². The van der Waals surface area contributed by atoms with E-state index in [9.17, 15) is 4.79 Å². The van der Waals surface area contributed by atoms with Crippen LogP contribution in [0.1, 0.15) is 35.6 Å². The van der Waals surface area contributed by atoms with Gasteiger partial charge in [0.2, 0.25) is 5.91 Å². The molecule has 0 aliphatic carbocycles. The molecule has 0 aliphatic heterocycles. The van der Waals surface area contributed by atoms with Crippen molar-refractivity contribution in [2.45, 2.75) is 38.9 Å². The third-order valence-corrected chi connectivity index (χ3v) is 5.17. The van der Waals surface area contributed by atoms with Gasteiger partial charge < -0.3 is 5.32 Å². The Hall–Kier alpha value is -1.74. The summed E-state index contributed by atoms with van der Waals surface area (Å²) in [5, 5.41) is 3.02. The summed E-state index contributed by atoms with van der Waals surface area (Å²) in [5.74, 6) is 2.10. The van der Waals surface area contributed by atoms with Crippen molar-refractivity contribution < 1.29 is 4.79 Å². The van der Waals surface area contributed by atoms with Crippen LogP contribution in [0.5, 0.6) is 0 Å². The maximum absolute atomic E-state index is 11.9. The predicted octanol–water partition coefficient (Wildman–Crippen LogP) is 4.54. The highest BCUT2D eigenvalue weighted by Gasteiger charge is 2.03. The van der Waals surface area contributed by atoms with E-state index in [2.05, 4.69) is 67.7 Å². The maximum Gasteiger partial charge on any atom is 0.220 e. The van der Waals surface area contributed by atoms with Crippen LogP contribution in [0.4, 0.5) is 0 Å². The number of nitrogens with one attached hydrogen (secondary N) is 1. The number of hydrogen-bond acceptors (Lipinski definition) is 2. The van der Waals surface area contributed by atoms with Crippen molar-refractivity contribution in [3.63, 3.8) is 0 Å². The summed E-state index contributed by atoms with van der Waals surface area (Å²) in [6.07, 6.45) is 2.43. The van der Waals surface area contributed by atoms with E-state index in [0.717, 1.165) is 30.9 Å². The Kier molecular flexibility index (Phi) is 7.90. The molecule has 2 aromatic carbocycles. The normalized spacial score (nSPS) is 10.6. The lowest BCUT2D eigenvalue weighted by molar-refractivity contribution is -0.120. The molecule has 2 rings (SSSR count). The van der Waals surface area contributed by atoms with Gasteiger partial charge in [0.25, 0.3) is 0 Å². The van der Waals surface area contributed by atoms with Crippen molar-refractivity contribution in [2.75, 3.05) is 12.3 Å². The van der Waals surface area contributed by atoms with Gasteiger partial charge in [0.15, 0.2) is 0 Å². The zero-order valence-electron chi connectivity index (χ0n) is 14.7. The number of carbonyl (C=O) groups is 1. The average Bonchev–Trinajstić information content (AvgIpc) is 2.61. The highest BCUT2D eigenvalue weighted by Crippen LogP contribution is 2.15. The Balaban J connectivity index is 1.58. The van der Waals surface area contributed by atoms with Crippen molar-refractivity contribution in [3.05, 3.63) is 70.8 Å². The molecule has 0 saturated carbocycles. The number of aryl methyl sites for hydroxylation is 3. The van der Waals surface area contributed by atoms with Crippen molar-refractivity contribution in [2.24, 2.45) is 0 Å². The van der Waals surface area contributed by atoms with E-state index in [-0.39, 0.29) is 5.91 Å². The molecule has 0 atom stereocenters. The molecule has 2 nitrogen and oxygen atoms in total. The van der Waals surface area contributed by atoms with Crippen LogP contribution in [0.2, 0.25) is 0 Å². The molecule has 0 aromatic heterocycles. The topological polar surface area (TPSA) is 29.1 Å². The molecule has 0 heterocycles. The van der Waals surface area contributed by atoms with Crippen molar-refractivity contribution in [1.82, 2.24) is 5.32 Å². The molecular weight excluding hydrogens is 314 g/mol. The first-order valence-corrected chi connectivity index (χ1v) is 9.81. The van der Waals surface area contributed by atoms with Gasteiger partial charge in [-0.05, 0) is 42.0 Å². The number of amides is 1. The van der Waals surface area contributed by atoms with Crippen LogP contribution >= 0.6 is 11.8 Å². The first-order valence-electron chi connectivity index (χ1n) is 8.66. The SMILES string of the molecule is CCc1ccc(CCC(=O)NCCSCc2ccccc2C)cc1. The lowest BCUT2D eigenvalue weighted by Crippen LogP contribution is -2.25. The van der Waals surface area contributed by atoms with Crippen LogP contribution in [0.15, 0.2) is 48.5 Å². The Morgan fingerprint density at radius 2 is 1.75 bits per heavy atom. The van der Waals surface area contributed by atoms with E-state index in [4.69, 9.17) is 0 Å². The molecule has 2 aromatic rings. The second-order valence-corrected chi connectivity index (χ2v) is 7.10. The van der Waals surface area contributed by atoms with Gasteiger partial charge in [-0.25, -0.2) is 0 Å². The van der Waals surface area contributed by atoms with Gasteiger partial charge in [-0.3, -0.25) is 4.79 Å². The van der Waals surface area contributed by atoms with Gasteiger partial charge in [-0.15, -0.1) is 0 Å². The monoisotopic (exact) mass is 341 g/mol. The van der Waals surface area contributed by atoms with E-state index >= 15 is 0 Å². The molecule has 3 heteroatoms. The minimum Gasteiger partial charge on any atom is -0.355 e. The zero-order chi connectivity index (χ0) is 17.2. The molecule has 0 bridgehead atoms. The van der Waals surface area contributed by atoms with Gasteiger partial charge in [0.1, 0.15) is 0 Å². The quantitative estimate of drug-likeness (QED) is 0.679. The van der Waals surface area contributed by atoms with Gasteiger partial charge >= 0.3 is 0 Å². The van der Waals surface area contributed by atoms with Crippen LogP contribution in [0.25, 0.3) is 0 Å². The van der Waals surface area contributed by atoms with Crippen LogP contribution < -0.4 is 5.32 Å². The van der Waals surface area contributed by atoms with E-state index in [0.29, 0.717) is 6.42 Å². The van der Waals surface area contributed by atoms with Crippen LogP contribution in [0.3, 0.4) is 0 Å². The second kappa shape index (κ2) is 10.2. The Labute approximate surface area is 150 Å². The van der Waals surface area contributed by atoms with Crippen molar-refractivity contribution >= 4 is 17.7 Å². The predicted molar refractivity (Wildman–Crippen MR) is 104 cm³/mol. The Morgan fingerprint density at radius 1 is 1.04 bits per heavy atom. The highest BCUT2D eigenvalue weighted by molar-refractivity contribution is 7.98. The second-order valence-electron chi connectivity index (χ2n) is 6.00. The molecule has 1 N–H and O–H groups in total. The van der Waals surface area contributed by atoms with Crippen molar-refractivity contribution in [3.8, 4) is 0 Å². The number of benzene rings is 2. The van der Waals surface area contributed by atoms with E-state index in [1.54, 1.807) is 0 Å². The average molecular weight is 342 g/mol. The first kappa shape index (κ1) is 18.6. The Bertz CT molecular complexity index is 637. The molecule has 0 saturated heterocycles. The van der Waals surface area contributed by atoms with E-state index < -0.39 is 0 Å². The van der Waals surface area contributed by atoms with Crippen LogP contribution in [-0.4, -0.2) is 18.2 Å². The third kappa shape index (κ3) is 6.40. The number of thioether (sulfide) groups is 1. The smallest absolute Gasteiger partial charge is 0.220 e. The lowest BCUT2D eigenvalue weighted by atomic mass is 10.1. The van der Waals surface area contributed by atoms with Gasteiger partial charge in [0.05, 0.1) is 0 Å². The fourth-order valence-electron chi connectivity index (χ4n) is 2.50. The summed E-state index contributed by atoms with van der Waals surface area (Å²) in [6, 6.07) is 17.0. The molecule has 24 heavy (non-hydrogen) atoms. The van der Waals surface area contributed by atoms with E-state index in [1.165, 1.54) is 22.3 Å². The summed E-state index contributed by atoms with van der Waals surface area (Å²) in [7, 11) is 0. The van der Waals surface area contributed by atoms with Crippen LogP contribution in [0, 0.1) is 6.92 Å². The largest absolute Gasteiger partial charge is 0.355 e. The molecule has 0 radical (unpaired) electrons. The minimum absolute atomic E-state index is 0.144. The van der Waals surface area contributed by atoms with Gasteiger partial charge in [-0.2, -0.15) is 11.8 Å². The first-order chi connectivity index (χ1) is 11.7. The molecule has 128 valence electrons. The molecule has 1 amide bonds. The molecule has 0 fully saturated rings. The number of hydrogen-bond donors (Lipinski definition) is 1. The number of rotatable bonds is 9. The molecule has 0 aliphatic rings. The Morgan fingerprint density at radius 3 is 2.46 bits per heavy atom. The highest BCUT2D eigenvalue weighted by atomic mass is 32.2.